The van der Waals surface area contributed by atoms with E-state index in [9.17, 15) is 8.42 Å². The fourth-order valence-electron chi connectivity index (χ4n) is 1.67. The molecule has 0 amide bonds. The molecule has 1 rings (SSSR count). The monoisotopic (exact) mass is 271 g/mol. The lowest BCUT2D eigenvalue weighted by Crippen LogP contribution is -2.25. The molecule has 18 heavy (non-hydrogen) atoms. The SMILES string of the molecule is CCCS(=O)(=O)c1ccc(OC(C)CNC)cc1. The first kappa shape index (κ1) is 15.0. The molecule has 0 aliphatic heterocycles. The van der Waals surface area contributed by atoms with Crippen LogP contribution in [0.3, 0.4) is 0 Å². The molecule has 102 valence electrons. The van der Waals surface area contributed by atoms with Crippen LogP contribution >= 0.6 is 0 Å². The minimum absolute atomic E-state index is 0.0492. The van der Waals surface area contributed by atoms with Gasteiger partial charge in [-0.05, 0) is 44.7 Å². The van der Waals surface area contributed by atoms with Gasteiger partial charge >= 0.3 is 0 Å². The van der Waals surface area contributed by atoms with Gasteiger partial charge in [-0.2, -0.15) is 0 Å². The second-order valence-electron chi connectivity index (χ2n) is 4.28. The molecule has 0 radical (unpaired) electrons. The van der Waals surface area contributed by atoms with Crippen molar-refractivity contribution in [3.8, 4) is 5.75 Å². The van der Waals surface area contributed by atoms with Crippen LogP contribution in [0.1, 0.15) is 20.3 Å². The molecule has 4 nitrogen and oxygen atoms in total. The minimum Gasteiger partial charge on any atom is -0.489 e. The van der Waals surface area contributed by atoms with Crippen molar-refractivity contribution in [2.45, 2.75) is 31.3 Å². The van der Waals surface area contributed by atoms with E-state index in [1.54, 1.807) is 24.3 Å². The zero-order valence-corrected chi connectivity index (χ0v) is 12.0. The lowest BCUT2D eigenvalue weighted by Gasteiger charge is -2.14. The van der Waals surface area contributed by atoms with Gasteiger partial charge in [-0.15, -0.1) is 0 Å². The fraction of sp³-hybridized carbons (Fsp3) is 0.538. The Morgan fingerprint density at radius 1 is 1.28 bits per heavy atom. The molecule has 1 atom stereocenters. The summed E-state index contributed by atoms with van der Waals surface area (Å²) in [5.41, 5.74) is 0. The highest BCUT2D eigenvalue weighted by atomic mass is 32.2. The predicted octanol–water partition coefficient (Wildman–Crippen LogP) is 1.86. The Labute approximate surface area is 109 Å². The van der Waals surface area contributed by atoms with Crippen LogP contribution in [-0.4, -0.2) is 33.9 Å². The summed E-state index contributed by atoms with van der Waals surface area (Å²) in [4.78, 5) is 0.359. The van der Waals surface area contributed by atoms with Crippen molar-refractivity contribution in [3.63, 3.8) is 0 Å². The number of nitrogens with one attached hydrogen (secondary N) is 1. The van der Waals surface area contributed by atoms with Gasteiger partial charge in [0.1, 0.15) is 11.9 Å². The Hall–Kier alpha value is -1.07. The first-order chi connectivity index (χ1) is 8.49. The molecular weight excluding hydrogens is 250 g/mol. The van der Waals surface area contributed by atoms with Crippen molar-refractivity contribution in [2.24, 2.45) is 0 Å². The first-order valence-electron chi connectivity index (χ1n) is 6.13. The summed E-state index contributed by atoms with van der Waals surface area (Å²) in [6, 6.07) is 6.61. The number of likely N-dealkylation sites (N-methyl/N-ethyl adjacent to an activating group) is 1. The van der Waals surface area contributed by atoms with Crippen LogP contribution in [0.25, 0.3) is 0 Å². The van der Waals surface area contributed by atoms with E-state index < -0.39 is 9.84 Å². The van der Waals surface area contributed by atoms with Crippen molar-refractivity contribution in [1.82, 2.24) is 5.32 Å². The fourth-order valence-corrected chi connectivity index (χ4v) is 3.00. The van der Waals surface area contributed by atoms with Gasteiger partial charge < -0.3 is 10.1 Å². The molecule has 0 spiro atoms. The predicted molar refractivity (Wildman–Crippen MR) is 72.8 cm³/mol. The van der Waals surface area contributed by atoms with Crippen molar-refractivity contribution in [1.29, 1.82) is 0 Å². The van der Waals surface area contributed by atoms with E-state index in [2.05, 4.69) is 5.32 Å². The molecular formula is C13H21NO3S. The maximum Gasteiger partial charge on any atom is 0.178 e. The third-order valence-corrected chi connectivity index (χ3v) is 4.42. The standard InChI is InChI=1S/C13H21NO3S/c1-4-9-18(15,16)13-7-5-12(6-8-13)17-11(2)10-14-3/h5-8,11,14H,4,9-10H2,1-3H3. The van der Waals surface area contributed by atoms with Crippen LogP contribution in [0, 0.1) is 0 Å². The van der Waals surface area contributed by atoms with Gasteiger partial charge in [0.05, 0.1) is 10.6 Å². The van der Waals surface area contributed by atoms with E-state index in [-0.39, 0.29) is 11.9 Å². The van der Waals surface area contributed by atoms with Crippen molar-refractivity contribution in [2.75, 3.05) is 19.3 Å². The average molecular weight is 271 g/mol. The normalized spacial score (nSPS) is 13.3. The van der Waals surface area contributed by atoms with Crippen LogP contribution in [-0.2, 0) is 9.84 Å². The van der Waals surface area contributed by atoms with Crippen LogP contribution in [0.15, 0.2) is 29.2 Å². The molecule has 0 aromatic heterocycles. The number of hydrogen-bond acceptors (Lipinski definition) is 4. The van der Waals surface area contributed by atoms with Crippen LogP contribution in [0.5, 0.6) is 5.75 Å². The molecule has 0 saturated carbocycles. The molecule has 1 aromatic carbocycles. The van der Waals surface area contributed by atoms with E-state index in [1.165, 1.54) is 0 Å². The second-order valence-corrected chi connectivity index (χ2v) is 6.39. The zero-order valence-electron chi connectivity index (χ0n) is 11.1. The lowest BCUT2D eigenvalue weighted by atomic mass is 10.3. The molecule has 0 aliphatic rings. The molecule has 0 fully saturated rings. The number of hydrogen-bond donors (Lipinski definition) is 1. The van der Waals surface area contributed by atoms with E-state index in [0.29, 0.717) is 17.1 Å². The van der Waals surface area contributed by atoms with Crippen LogP contribution in [0.2, 0.25) is 0 Å². The van der Waals surface area contributed by atoms with Gasteiger partial charge in [0, 0.05) is 6.54 Å². The summed E-state index contributed by atoms with van der Waals surface area (Å²) >= 11 is 0. The summed E-state index contributed by atoms with van der Waals surface area (Å²) in [6.45, 7) is 4.56. The van der Waals surface area contributed by atoms with Crippen LogP contribution in [0.4, 0.5) is 0 Å². The van der Waals surface area contributed by atoms with Gasteiger partial charge in [-0.1, -0.05) is 6.92 Å². The van der Waals surface area contributed by atoms with Gasteiger partial charge in [0.15, 0.2) is 9.84 Å². The number of rotatable bonds is 7. The van der Waals surface area contributed by atoms with Gasteiger partial charge in [0.25, 0.3) is 0 Å². The van der Waals surface area contributed by atoms with E-state index in [4.69, 9.17) is 4.74 Å². The summed E-state index contributed by atoms with van der Waals surface area (Å²) in [5, 5.41) is 3.02. The average Bonchev–Trinajstić information content (AvgIpc) is 2.30. The molecule has 1 unspecified atom stereocenters. The van der Waals surface area contributed by atoms with Crippen molar-refractivity contribution in [3.05, 3.63) is 24.3 Å². The first-order valence-corrected chi connectivity index (χ1v) is 7.79. The van der Waals surface area contributed by atoms with Crippen molar-refractivity contribution >= 4 is 9.84 Å². The number of ether oxygens (including phenoxy) is 1. The van der Waals surface area contributed by atoms with E-state index in [0.717, 1.165) is 6.54 Å². The van der Waals surface area contributed by atoms with Gasteiger partial charge in [0.2, 0.25) is 0 Å². The largest absolute Gasteiger partial charge is 0.489 e. The molecule has 0 heterocycles. The molecule has 1 aromatic rings. The topological polar surface area (TPSA) is 55.4 Å². The van der Waals surface area contributed by atoms with Gasteiger partial charge in [-0.25, -0.2) is 8.42 Å². The van der Waals surface area contributed by atoms with Crippen LogP contribution < -0.4 is 10.1 Å². The van der Waals surface area contributed by atoms with Gasteiger partial charge in [-0.3, -0.25) is 0 Å². The minimum atomic E-state index is -3.13. The molecule has 0 saturated heterocycles. The highest BCUT2D eigenvalue weighted by Gasteiger charge is 2.13. The highest BCUT2D eigenvalue weighted by Crippen LogP contribution is 2.18. The maximum absolute atomic E-state index is 11.8. The lowest BCUT2D eigenvalue weighted by molar-refractivity contribution is 0.220. The Morgan fingerprint density at radius 2 is 1.89 bits per heavy atom. The maximum atomic E-state index is 11.8. The summed E-state index contributed by atoms with van der Waals surface area (Å²) < 4.78 is 29.3. The molecule has 0 bridgehead atoms. The quantitative estimate of drug-likeness (QED) is 0.822. The summed E-state index contributed by atoms with van der Waals surface area (Å²) in [7, 11) is -1.27. The summed E-state index contributed by atoms with van der Waals surface area (Å²) in [6.07, 6.45) is 0.674. The Bertz CT molecular complexity index is 454. The molecule has 5 heteroatoms. The highest BCUT2D eigenvalue weighted by molar-refractivity contribution is 7.91. The Morgan fingerprint density at radius 3 is 2.39 bits per heavy atom. The Balaban J connectivity index is 2.74. The second kappa shape index (κ2) is 6.75. The number of sulfone groups is 1. The third kappa shape index (κ3) is 4.31. The Kier molecular flexibility index (Phi) is 5.62. The zero-order chi connectivity index (χ0) is 13.6. The van der Waals surface area contributed by atoms with Crippen molar-refractivity contribution < 1.29 is 13.2 Å². The smallest absolute Gasteiger partial charge is 0.178 e. The summed E-state index contributed by atoms with van der Waals surface area (Å²) in [5.74, 6) is 0.872. The van der Waals surface area contributed by atoms with E-state index >= 15 is 0 Å². The number of benzene rings is 1. The third-order valence-electron chi connectivity index (χ3n) is 2.48. The van der Waals surface area contributed by atoms with E-state index in [1.807, 2.05) is 20.9 Å². The molecule has 1 N–H and O–H groups in total. The molecule has 0 aliphatic carbocycles.